The normalized spacial score (nSPS) is 33.7. The van der Waals surface area contributed by atoms with Gasteiger partial charge in [0.25, 0.3) is 0 Å². The monoisotopic (exact) mass is 338 g/mol. The Bertz CT molecular complexity index is 613. The van der Waals surface area contributed by atoms with Gasteiger partial charge in [0.2, 0.25) is 5.91 Å². The molecule has 1 amide bonds. The van der Waals surface area contributed by atoms with Crippen LogP contribution in [0.25, 0.3) is 0 Å². The van der Waals surface area contributed by atoms with Crippen molar-refractivity contribution in [2.75, 3.05) is 26.2 Å². The molecule has 2 heterocycles. The smallest absolute Gasteiger partial charge is 0.227 e. The second kappa shape index (κ2) is 6.76. The minimum Gasteiger partial charge on any atom is -0.392 e. The molecular formula is C18H24F2N2O2. The second-order valence-corrected chi connectivity index (χ2v) is 7.23. The van der Waals surface area contributed by atoms with Crippen LogP contribution in [0.2, 0.25) is 0 Å². The molecule has 1 aromatic rings. The van der Waals surface area contributed by atoms with Crippen molar-refractivity contribution in [1.29, 1.82) is 0 Å². The second-order valence-electron chi connectivity index (χ2n) is 7.23. The van der Waals surface area contributed by atoms with E-state index < -0.39 is 17.7 Å². The molecule has 2 N–H and O–H groups in total. The van der Waals surface area contributed by atoms with Gasteiger partial charge in [-0.1, -0.05) is 19.9 Å². The SMILES string of the molecule is C[C@@H]1CN(C(=O)[C@@H]2CNC[C@H]2c2ccc(F)cc2F)C[C@H](C)[C@@H]1O. The highest BCUT2D eigenvalue weighted by Crippen LogP contribution is 2.33. The number of carbonyl (C=O) groups is 1. The van der Waals surface area contributed by atoms with Gasteiger partial charge in [-0.25, -0.2) is 8.78 Å². The Morgan fingerprint density at radius 1 is 1.21 bits per heavy atom. The van der Waals surface area contributed by atoms with Crippen LogP contribution in [0.1, 0.15) is 25.3 Å². The Balaban J connectivity index is 1.79. The molecule has 6 heteroatoms. The molecule has 5 atom stereocenters. The van der Waals surface area contributed by atoms with Gasteiger partial charge >= 0.3 is 0 Å². The lowest BCUT2D eigenvalue weighted by Gasteiger charge is -2.40. The van der Waals surface area contributed by atoms with E-state index in [4.69, 9.17) is 0 Å². The molecule has 2 fully saturated rings. The molecule has 2 saturated heterocycles. The van der Waals surface area contributed by atoms with Gasteiger partial charge in [0.05, 0.1) is 12.0 Å². The van der Waals surface area contributed by atoms with Gasteiger partial charge in [0, 0.05) is 38.2 Å². The molecule has 0 unspecified atom stereocenters. The lowest BCUT2D eigenvalue weighted by Crippen LogP contribution is -2.52. The van der Waals surface area contributed by atoms with Crippen molar-refractivity contribution in [2.45, 2.75) is 25.9 Å². The molecule has 2 aliphatic rings. The Morgan fingerprint density at radius 2 is 1.88 bits per heavy atom. The molecular weight excluding hydrogens is 314 g/mol. The number of nitrogens with one attached hydrogen (secondary N) is 1. The molecule has 132 valence electrons. The Kier molecular flexibility index (Phi) is 4.88. The molecule has 3 rings (SSSR count). The van der Waals surface area contributed by atoms with E-state index in [-0.39, 0.29) is 29.6 Å². The first-order chi connectivity index (χ1) is 11.4. The Hall–Kier alpha value is -1.53. The summed E-state index contributed by atoms with van der Waals surface area (Å²) in [4.78, 5) is 14.8. The molecule has 0 bridgehead atoms. The highest BCUT2D eigenvalue weighted by atomic mass is 19.1. The summed E-state index contributed by atoms with van der Waals surface area (Å²) in [7, 11) is 0. The maximum atomic E-state index is 14.1. The molecule has 0 aliphatic carbocycles. The number of hydrogen-bond acceptors (Lipinski definition) is 3. The minimum absolute atomic E-state index is 0.0145. The van der Waals surface area contributed by atoms with Crippen molar-refractivity contribution in [1.82, 2.24) is 10.2 Å². The summed E-state index contributed by atoms with van der Waals surface area (Å²) in [6.07, 6.45) is -0.402. The average Bonchev–Trinajstić information content (AvgIpc) is 3.00. The van der Waals surface area contributed by atoms with Crippen LogP contribution in [0.4, 0.5) is 8.78 Å². The standard InChI is InChI=1S/C18H24F2N2O2/c1-10-8-22(9-11(2)17(10)23)18(24)15-7-21-6-14(15)13-4-3-12(19)5-16(13)20/h3-5,10-11,14-15,17,21,23H,6-9H2,1-2H3/t10-,11+,14-,15+,17-/m0/s1. The summed E-state index contributed by atoms with van der Waals surface area (Å²) < 4.78 is 27.3. The Morgan fingerprint density at radius 3 is 2.50 bits per heavy atom. The van der Waals surface area contributed by atoms with Crippen molar-refractivity contribution in [3.8, 4) is 0 Å². The zero-order valence-corrected chi connectivity index (χ0v) is 14.0. The van der Waals surface area contributed by atoms with Crippen LogP contribution in [-0.2, 0) is 4.79 Å². The molecule has 1 aromatic carbocycles. The maximum Gasteiger partial charge on any atom is 0.227 e. The van der Waals surface area contributed by atoms with E-state index in [0.717, 1.165) is 6.07 Å². The lowest BCUT2D eigenvalue weighted by molar-refractivity contribution is -0.141. The van der Waals surface area contributed by atoms with Crippen LogP contribution in [-0.4, -0.2) is 48.2 Å². The zero-order valence-electron chi connectivity index (χ0n) is 14.0. The third-order valence-electron chi connectivity index (χ3n) is 5.39. The summed E-state index contributed by atoms with van der Waals surface area (Å²) in [5, 5.41) is 13.2. The molecule has 4 nitrogen and oxygen atoms in total. The lowest BCUT2D eigenvalue weighted by atomic mass is 9.84. The van der Waals surface area contributed by atoms with Crippen molar-refractivity contribution in [3.63, 3.8) is 0 Å². The third kappa shape index (κ3) is 3.17. The number of nitrogens with zero attached hydrogens (tertiary/aromatic N) is 1. The van der Waals surface area contributed by atoms with E-state index in [9.17, 15) is 18.7 Å². The first-order valence-corrected chi connectivity index (χ1v) is 8.51. The zero-order chi connectivity index (χ0) is 17.4. The van der Waals surface area contributed by atoms with Crippen LogP contribution in [0.15, 0.2) is 18.2 Å². The van der Waals surface area contributed by atoms with Crippen molar-refractivity contribution < 1.29 is 18.7 Å². The number of aliphatic hydroxyl groups excluding tert-OH is 1. The summed E-state index contributed by atoms with van der Waals surface area (Å²) >= 11 is 0. The largest absolute Gasteiger partial charge is 0.392 e. The van der Waals surface area contributed by atoms with E-state index in [0.29, 0.717) is 31.7 Å². The highest BCUT2D eigenvalue weighted by molar-refractivity contribution is 5.81. The van der Waals surface area contributed by atoms with Gasteiger partial charge in [-0.3, -0.25) is 4.79 Å². The maximum absolute atomic E-state index is 14.1. The van der Waals surface area contributed by atoms with E-state index in [1.54, 1.807) is 4.90 Å². The summed E-state index contributed by atoms with van der Waals surface area (Å²) in [5.74, 6) is -1.84. The van der Waals surface area contributed by atoms with Crippen LogP contribution in [0, 0.1) is 29.4 Å². The van der Waals surface area contributed by atoms with Gasteiger partial charge in [-0.2, -0.15) is 0 Å². The molecule has 0 aromatic heterocycles. The van der Waals surface area contributed by atoms with Crippen LogP contribution in [0.5, 0.6) is 0 Å². The van der Waals surface area contributed by atoms with Crippen LogP contribution in [0.3, 0.4) is 0 Å². The summed E-state index contributed by atoms with van der Waals surface area (Å²) in [6, 6.07) is 3.55. The number of amides is 1. The number of benzene rings is 1. The number of hydrogen-bond donors (Lipinski definition) is 2. The van der Waals surface area contributed by atoms with Gasteiger partial charge < -0.3 is 15.3 Å². The van der Waals surface area contributed by atoms with E-state index >= 15 is 0 Å². The number of rotatable bonds is 2. The van der Waals surface area contributed by atoms with Crippen molar-refractivity contribution in [2.24, 2.45) is 17.8 Å². The molecule has 0 saturated carbocycles. The number of likely N-dealkylation sites (tertiary alicyclic amines) is 1. The van der Waals surface area contributed by atoms with Crippen molar-refractivity contribution >= 4 is 5.91 Å². The Labute approximate surface area is 140 Å². The fraction of sp³-hybridized carbons (Fsp3) is 0.611. The fourth-order valence-electron chi connectivity index (χ4n) is 4.03. The van der Waals surface area contributed by atoms with E-state index in [1.165, 1.54) is 12.1 Å². The van der Waals surface area contributed by atoms with Gasteiger partial charge in [0.15, 0.2) is 0 Å². The topological polar surface area (TPSA) is 52.6 Å². The minimum atomic E-state index is -0.613. The van der Waals surface area contributed by atoms with E-state index in [1.807, 2.05) is 13.8 Å². The number of piperidine rings is 1. The molecule has 2 aliphatic heterocycles. The number of carbonyl (C=O) groups excluding carboxylic acids is 1. The first kappa shape index (κ1) is 17.3. The van der Waals surface area contributed by atoms with E-state index in [2.05, 4.69) is 5.32 Å². The summed E-state index contributed by atoms with van der Waals surface area (Å²) in [5.41, 5.74) is 0.387. The van der Waals surface area contributed by atoms with Crippen molar-refractivity contribution in [3.05, 3.63) is 35.4 Å². The quantitative estimate of drug-likeness (QED) is 0.864. The van der Waals surface area contributed by atoms with Crippen LogP contribution < -0.4 is 5.32 Å². The molecule has 0 radical (unpaired) electrons. The number of halogens is 2. The molecule has 24 heavy (non-hydrogen) atoms. The predicted molar refractivity (Wildman–Crippen MR) is 86.4 cm³/mol. The summed E-state index contributed by atoms with van der Waals surface area (Å²) in [6.45, 7) is 5.89. The van der Waals surface area contributed by atoms with Gasteiger partial charge in [-0.15, -0.1) is 0 Å². The average molecular weight is 338 g/mol. The van der Waals surface area contributed by atoms with Crippen LogP contribution >= 0.6 is 0 Å². The fourth-order valence-corrected chi connectivity index (χ4v) is 4.03. The first-order valence-electron chi connectivity index (χ1n) is 8.51. The van der Waals surface area contributed by atoms with Gasteiger partial charge in [0.1, 0.15) is 11.6 Å². The number of aliphatic hydroxyl groups is 1. The predicted octanol–water partition coefficient (Wildman–Crippen LogP) is 1.74. The third-order valence-corrected chi connectivity index (χ3v) is 5.39. The molecule has 0 spiro atoms. The van der Waals surface area contributed by atoms with Gasteiger partial charge in [-0.05, 0) is 23.5 Å². The highest BCUT2D eigenvalue weighted by Gasteiger charge is 2.40.